The van der Waals surface area contributed by atoms with Crippen LogP contribution in [0.25, 0.3) is 0 Å². The van der Waals surface area contributed by atoms with Crippen LogP contribution >= 0.6 is 0 Å². The summed E-state index contributed by atoms with van der Waals surface area (Å²) >= 11 is 0. The molecule has 0 radical (unpaired) electrons. The largest absolute Gasteiger partial charge is 0.462 e. The van der Waals surface area contributed by atoms with E-state index in [-0.39, 0.29) is 22.9 Å². The van der Waals surface area contributed by atoms with Gasteiger partial charge in [-0.2, -0.15) is 13.5 Å². The molecule has 1 saturated heterocycles. The van der Waals surface area contributed by atoms with Crippen molar-refractivity contribution in [2.45, 2.75) is 102 Å². The second-order valence-corrected chi connectivity index (χ2v) is 11.9. The third-order valence-electron chi connectivity index (χ3n) is 6.65. The number of piperidine rings is 1. The first kappa shape index (κ1) is 25.8. The normalized spacial score (nSPS) is 22.5. The molecule has 2 atom stereocenters. The first-order valence-corrected chi connectivity index (χ1v) is 12.2. The molecule has 1 aliphatic rings. The van der Waals surface area contributed by atoms with Crippen molar-refractivity contribution in [3.05, 3.63) is 29.8 Å². The molecule has 7 nitrogen and oxygen atoms in total. The highest BCUT2D eigenvalue weighted by atomic mass is 32.2. The average Bonchev–Trinajstić information content (AvgIpc) is 2.64. The average molecular weight is 456 g/mol. The van der Waals surface area contributed by atoms with Crippen molar-refractivity contribution in [2.24, 2.45) is 5.41 Å². The summed E-state index contributed by atoms with van der Waals surface area (Å²) in [5.41, 5.74) is -0.823. The Morgan fingerprint density at radius 3 is 2.10 bits per heavy atom. The molecular weight excluding hydrogens is 418 g/mol. The Kier molecular flexibility index (Phi) is 7.32. The lowest BCUT2D eigenvalue weighted by Crippen LogP contribution is -2.61. The minimum atomic E-state index is -4.23. The molecule has 1 heterocycles. The zero-order valence-corrected chi connectivity index (χ0v) is 20.5. The summed E-state index contributed by atoms with van der Waals surface area (Å²) < 4.78 is 37.6. The van der Waals surface area contributed by atoms with Gasteiger partial charge in [-0.15, -0.1) is 0 Å². The van der Waals surface area contributed by atoms with Crippen molar-refractivity contribution >= 4 is 16.1 Å². The molecule has 1 aromatic rings. The quantitative estimate of drug-likeness (QED) is 0.449. The standard InChI is InChI=1S/C23H37NO6S/c1-8-23(7,13-16(2)17-9-11-19(12-10-17)31(27,28)29)20(25)30-18-14-21(3,4)24(26)22(5,6)15-18/h9-12,16,18,26H,8,13-15H2,1-7H3,(H,27,28,29). The highest BCUT2D eigenvalue weighted by Crippen LogP contribution is 2.41. The predicted molar refractivity (Wildman–Crippen MR) is 119 cm³/mol. The van der Waals surface area contributed by atoms with Crippen LogP contribution in [0.3, 0.4) is 0 Å². The molecule has 2 N–H and O–H groups in total. The van der Waals surface area contributed by atoms with Crippen molar-refractivity contribution in [3.63, 3.8) is 0 Å². The second kappa shape index (κ2) is 8.81. The van der Waals surface area contributed by atoms with Gasteiger partial charge in [0.2, 0.25) is 0 Å². The number of esters is 1. The molecule has 0 bridgehead atoms. The molecule has 31 heavy (non-hydrogen) atoms. The van der Waals surface area contributed by atoms with Crippen LogP contribution in [0.4, 0.5) is 0 Å². The summed E-state index contributed by atoms with van der Waals surface area (Å²) in [5.74, 6) is -0.264. The lowest BCUT2D eigenvalue weighted by atomic mass is 9.76. The van der Waals surface area contributed by atoms with Crippen LogP contribution in [0.5, 0.6) is 0 Å². The van der Waals surface area contributed by atoms with Crippen molar-refractivity contribution in [1.82, 2.24) is 5.06 Å². The maximum atomic E-state index is 13.2. The molecule has 0 saturated carbocycles. The lowest BCUT2D eigenvalue weighted by molar-refractivity contribution is -0.260. The van der Waals surface area contributed by atoms with E-state index in [1.165, 1.54) is 17.2 Å². The minimum Gasteiger partial charge on any atom is -0.462 e. The first-order chi connectivity index (χ1) is 14.0. The molecule has 0 aromatic heterocycles. The van der Waals surface area contributed by atoms with E-state index in [1.54, 1.807) is 12.1 Å². The number of hydrogen-bond acceptors (Lipinski definition) is 6. The number of carbonyl (C=O) groups excluding carboxylic acids is 1. The fraction of sp³-hybridized carbons (Fsp3) is 0.696. The zero-order valence-electron chi connectivity index (χ0n) is 19.7. The smallest absolute Gasteiger partial charge is 0.312 e. The van der Waals surface area contributed by atoms with E-state index in [4.69, 9.17) is 9.29 Å². The van der Waals surface area contributed by atoms with Gasteiger partial charge in [0, 0.05) is 23.9 Å². The Hall–Kier alpha value is -1.48. The topological polar surface area (TPSA) is 104 Å². The fourth-order valence-electron chi connectivity index (χ4n) is 4.69. The van der Waals surface area contributed by atoms with Gasteiger partial charge in [0.1, 0.15) is 6.10 Å². The van der Waals surface area contributed by atoms with Crippen molar-refractivity contribution in [2.75, 3.05) is 0 Å². The van der Waals surface area contributed by atoms with E-state index in [0.29, 0.717) is 25.7 Å². The maximum absolute atomic E-state index is 13.2. The number of nitrogens with zero attached hydrogens (tertiary/aromatic N) is 1. The monoisotopic (exact) mass is 455 g/mol. The van der Waals surface area contributed by atoms with E-state index in [1.807, 2.05) is 48.5 Å². The molecular formula is C23H37NO6S. The number of benzene rings is 1. The summed E-state index contributed by atoms with van der Waals surface area (Å²) in [6.07, 6.45) is 1.96. The molecule has 1 fully saturated rings. The lowest BCUT2D eigenvalue weighted by Gasteiger charge is -2.51. The summed E-state index contributed by atoms with van der Waals surface area (Å²) in [7, 11) is -4.23. The molecule has 0 aliphatic carbocycles. The molecule has 1 aromatic carbocycles. The van der Waals surface area contributed by atoms with Gasteiger partial charge in [0.15, 0.2) is 0 Å². The zero-order chi connectivity index (χ0) is 23.8. The number of rotatable bonds is 7. The molecule has 0 amide bonds. The summed E-state index contributed by atoms with van der Waals surface area (Å²) in [5, 5.41) is 11.8. The Bertz CT molecular complexity index is 875. The fourth-order valence-corrected chi connectivity index (χ4v) is 5.17. The van der Waals surface area contributed by atoms with Gasteiger partial charge >= 0.3 is 5.97 Å². The number of hydrogen-bond donors (Lipinski definition) is 2. The summed E-state index contributed by atoms with van der Waals surface area (Å²) in [6, 6.07) is 6.07. The van der Waals surface area contributed by atoms with Crippen LogP contribution in [-0.2, 0) is 19.6 Å². The molecule has 0 spiro atoms. The van der Waals surface area contributed by atoms with E-state index in [9.17, 15) is 18.4 Å². The van der Waals surface area contributed by atoms with Gasteiger partial charge in [-0.25, -0.2) is 0 Å². The van der Waals surface area contributed by atoms with Crippen LogP contribution in [0.15, 0.2) is 29.2 Å². The maximum Gasteiger partial charge on any atom is 0.312 e. The van der Waals surface area contributed by atoms with E-state index < -0.39 is 26.6 Å². The number of hydroxylamine groups is 2. The molecule has 2 unspecified atom stereocenters. The number of ether oxygens (including phenoxy) is 1. The van der Waals surface area contributed by atoms with Crippen LogP contribution in [0.1, 0.15) is 85.6 Å². The first-order valence-electron chi connectivity index (χ1n) is 10.8. The Morgan fingerprint density at radius 2 is 1.68 bits per heavy atom. The molecule has 8 heteroatoms. The van der Waals surface area contributed by atoms with Gasteiger partial charge in [-0.1, -0.05) is 26.0 Å². The Labute approximate surface area is 186 Å². The Morgan fingerprint density at radius 1 is 1.19 bits per heavy atom. The minimum absolute atomic E-state index is 0.0138. The van der Waals surface area contributed by atoms with Crippen LogP contribution in [-0.4, -0.2) is 46.4 Å². The molecule has 176 valence electrons. The van der Waals surface area contributed by atoms with Crippen molar-refractivity contribution in [1.29, 1.82) is 0 Å². The van der Waals surface area contributed by atoms with E-state index in [0.717, 1.165) is 5.56 Å². The SMILES string of the molecule is CCC(C)(CC(C)c1ccc(S(=O)(=O)O)cc1)C(=O)OC1CC(C)(C)N(O)C(C)(C)C1. The third kappa shape index (κ3) is 5.86. The summed E-state index contributed by atoms with van der Waals surface area (Å²) in [6.45, 7) is 13.6. The van der Waals surface area contributed by atoms with Crippen molar-refractivity contribution < 1.29 is 27.7 Å². The Balaban J connectivity index is 2.13. The van der Waals surface area contributed by atoms with E-state index >= 15 is 0 Å². The highest BCUT2D eigenvalue weighted by Gasteiger charge is 2.47. The van der Waals surface area contributed by atoms with Crippen LogP contribution in [0.2, 0.25) is 0 Å². The van der Waals surface area contributed by atoms with E-state index in [2.05, 4.69) is 0 Å². The second-order valence-electron chi connectivity index (χ2n) is 10.4. The summed E-state index contributed by atoms with van der Waals surface area (Å²) in [4.78, 5) is 13.1. The highest BCUT2D eigenvalue weighted by molar-refractivity contribution is 7.85. The molecule has 2 rings (SSSR count). The third-order valence-corrected chi connectivity index (χ3v) is 7.52. The van der Waals surface area contributed by atoms with Crippen molar-refractivity contribution in [3.8, 4) is 0 Å². The van der Waals surface area contributed by atoms with Gasteiger partial charge in [0.05, 0.1) is 10.3 Å². The van der Waals surface area contributed by atoms with Gasteiger partial charge in [0.25, 0.3) is 10.1 Å². The number of carbonyl (C=O) groups is 1. The predicted octanol–water partition coefficient (Wildman–Crippen LogP) is 4.80. The van der Waals surface area contributed by atoms with Gasteiger partial charge in [-0.3, -0.25) is 9.35 Å². The van der Waals surface area contributed by atoms with Crippen LogP contribution < -0.4 is 0 Å². The van der Waals surface area contributed by atoms with Crippen LogP contribution in [0, 0.1) is 5.41 Å². The van der Waals surface area contributed by atoms with Gasteiger partial charge in [-0.05, 0) is 71.1 Å². The molecule has 1 aliphatic heterocycles. The van der Waals surface area contributed by atoms with Gasteiger partial charge < -0.3 is 9.94 Å².